The van der Waals surface area contributed by atoms with Gasteiger partial charge in [0.1, 0.15) is 0 Å². The molecule has 0 heterocycles. The van der Waals surface area contributed by atoms with E-state index in [1.807, 2.05) is 19.1 Å². The van der Waals surface area contributed by atoms with Crippen LogP contribution in [0.15, 0.2) is 67.3 Å². The summed E-state index contributed by atoms with van der Waals surface area (Å²) in [7, 11) is 0. The van der Waals surface area contributed by atoms with Gasteiger partial charge < -0.3 is 0 Å². The zero-order chi connectivity index (χ0) is 15.7. The molecule has 0 heteroatoms. The van der Waals surface area contributed by atoms with E-state index < -0.39 is 0 Å². The van der Waals surface area contributed by atoms with Crippen LogP contribution in [0.25, 0.3) is 16.7 Å². The second kappa shape index (κ2) is 12.1. The Bertz CT molecular complexity index is 607. The van der Waals surface area contributed by atoms with Crippen LogP contribution < -0.4 is 0 Å². The maximum Gasteiger partial charge on any atom is -0.0184 e. The number of hydrogen-bond acceptors (Lipinski definition) is 0. The zero-order valence-electron chi connectivity index (χ0n) is 12.8. The molecule has 0 atom stereocenters. The maximum atomic E-state index is 4.05. The average molecular weight is 306 g/mol. The number of terminal acetylenes is 1. The molecule has 2 rings (SSSR count). The quantitative estimate of drug-likeness (QED) is 0.420. The molecular weight excluding hydrogens is 276 g/mol. The summed E-state index contributed by atoms with van der Waals surface area (Å²) >= 11 is 0. The van der Waals surface area contributed by atoms with Gasteiger partial charge in [0.25, 0.3) is 0 Å². The summed E-state index contributed by atoms with van der Waals surface area (Å²) in [6.45, 7) is 8.24. The van der Waals surface area contributed by atoms with E-state index in [0.717, 1.165) is 12.0 Å². The first-order chi connectivity index (χ1) is 10.2. The molecule has 0 spiro atoms. The SMILES string of the molecule is C.C.C#C.C=C(/C=C\C)c1ccc(-c2ccc(CC)cc2)cc1. The summed E-state index contributed by atoms with van der Waals surface area (Å²) < 4.78 is 0. The fraction of sp³-hybridized carbons (Fsp3) is 0.217. The van der Waals surface area contributed by atoms with Crippen LogP contribution in [0.4, 0.5) is 0 Å². The Morgan fingerprint density at radius 2 is 1.35 bits per heavy atom. The lowest BCUT2D eigenvalue weighted by atomic mass is 10.00. The lowest BCUT2D eigenvalue weighted by molar-refractivity contribution is 1.14. The lowest BCUT2D eigenvalue weighted by Crippen LogP contribution is -1.83. The highest BCUT2D eigenvalue weighted by Crippen LogP contribution is 2.23. The molecule has 0 nitrogen and oxygen atoms in total. The summed E-state index contributed by atoms with van der Waals surface area (Å²) in [5.41, 5.74) is 6.12. The Morgan fingerprint density at radius 1 is 0.913 bits per heavy atom. The fourth-order valence-electron chi connectivity index (χ4n) is 2.11. The van der Waals surface area contributed by atoms with E-state index in [2.05, 4.69) is 74.9 Å². The third-order valence-electron chi connectivity index (χ3n) is 3.32. The second-order valence-corrected chi connectivity index (χ2v) is 4.65. The second-order valence-electron chi connectivity index (χ2n) is 4.65. The van der Waals surface area contributed by atoms with Crippen molar-refractivity contribution in [2.45, 2.75) is 35.1 Å². The molecule has 0 fully saturated rings. The van der Waals surface area contributed by atoms with Crippen molar-refractivity contribution in [3.05, 3.63) is 78.4 Å². The van der Waals surface area contributed by atoms with Gasteiger partial charge >= 0.3 is 0 Å². The summed E-state index contributed by atoms with van der Waals surface area (Å²) in [4.78, 5) is 0. The molecule has 0 aromatic heterocycles. The largest absolute Gasteiger partial charge is 0.124 e. The minimum atomic E-state index is 0. The molecule has 0 aliphatic carbocycles. The van der Waals surface area contributed by atoms with Crippen LogP contribution in [0.3, 0.4) is 0 Å². The molecule has 0 bridgehead atoms. The highest BCUT2D eigenvalue weighted by atomic mass is 14.0. The number of allylic oxidation sites excluding steroid dienone is 3. The zero-order valence-corrected chi connectivity index (χ0v) is 12.8. The number of hydrogen-bond donors (Lipinski definition) is 0. The van der Waals surface area contributed by atoms with Crippen LogP contribution >= 0.6 is 0 Å². The van der Waals surface area contributed by atoms with Gasteiger partial charge in [-0.25, -0.2) is 0 Å². The standard InChI is InChI=1S/C19H20.C2H2.2CH4/c1-4-6-15(3)17-11-13-19(14-12-17)18-9-7-16(5-2)8-10-18;1-2;;/h4,6-14H,3,5H2,1-2H3;1-2H;2*1H4/b6-4-;;;. The van der Waals surface area contributed by atoms with E-state index in [-0.39, 0.29) is 14.9 Å². The third-order valence-corrected chi connectivity index (χ3v) is 3.32. The average Bonchev–Trinajstić information content (AvgIpc) is 2.57. The Morgan fingerprint density at radius 3 is 1.74 bits per heavy atom. The van der Waals surface area contributed by atoms with Crippen molar-refractivity contribution in [2.24, 2.45) is 0 Å². The molecule has 2 aromatic rings. The predicted molar refractivity (Wildman–Crippen MR) is 108 cm³/mol. The van der Waals surface area contributed by atoms with Crippen LogP contribution in [0, 0.1) is 12.8 Å². The minimum absolute atomic E-state index is 0. The molecule has 0 amide bonds. The first-order valence-corrected chi connectivity index (χ1v) is 7.09. The van der Waals surface area contributed by atoms with Crippen molar-refractivity contribution in [1.82, 2.24) is 0 Å². The van der Waals surface area contributed by atoms with Crippen LogP contribution in [0.5, 0.6) is 0 Å². The normalized spacial score (nSPS) is 9.04. The summed E-state index contributed by atoms with van der Waals surface area (Å²) in [6.07, 6.45) is 13.1. The van der Waals surface area contributed by atoms with E-state index in [1.165, 1.54) is 22.3 Å². The van der Waals surface area contributed by atoms with Gasteiger partial charge in [0.2, 0.25) is 0 Å². The van der Waals surface area contributed by atoms with Crippen molar-refractivity contribution in [3.8, 4) is 24.0 Å². The topological polar surface area (TPSA) is 0 Å². The van der Waals surface area contributed by atoms with Crippen molar-refractivity contribution in [3.63, 3.8) is 0 Å². The van der Waals surface area contributed by atoms with Crippen LogP contribution in [-0.4, -0.2) is 0 Å². The van der Waals surface area contributed by atoms with Crippen LogP contribution in [0.1, 0.15) is 39.8 Å². The van der Waals surface area contributed by atoms with Crippen molar-refractivity contribution < 1.29 is 0 Å². The molecule has 0 aliphatic heterocycles. The summed E-state index contributed by atoms with van der Waals surface area (Å²) in [5.74, 6) is 0. The Kier molecular flexibility index (Phi) is 11.9. The van der Waals surface area contributed by atoms with Crippen molar-refractivity contribution in [2.75, 3.05) is 0 Å². The molecule has 0 N–H and O–H groups in total. The predicted octanol–water partition coefficient (Wildman–Crippen LogP) is 7.03. The van der Waals surface area contributed by atoms with Crippen molar-refractivity contribution >= 4 is 5.57 Å². The fourth-order valence-corrected chi connectivity index (χ4v) is 2.11. The molecule has 23 heavy (non-hydrogen) atoms. The Labute approximate surface area is 143 Å². The van der Waals surface area contributed by atoms with Crippen molar-refractivity contribution in [1.29, 1.82) is 0 Å². The van der Waals surface area contributed by atoms with E-state index in [9.17, 15) is 0 Å². The van der Waals surface area contributed by atoms with E-state index in [0.29, 0.717) is 0 Å². The summed E-state index contributed by atoms with van der Waals surface area (Å²) in [6, 6.07) is 17.3. The molecule has 122 valence electrons. The van der Waals surface area contributed by atoms with Gasteiger partial charge in [0.05, 0.1) is 0 Å². The molecule has 0 radical (unpaired) electrons. The van der Waals surface area contributed by atoms with Crippen LogP contribution in [0.2, 0.25) is 0 Å². The van der Waals surface area contributed by atoms with E-state index in [4.69, 9.17) is 0 Å². The van der Waals surface area contributed by atoms with Gasteiger partial charge in [-0.15, -0.1) is 12.8 Å². The first-order valence-electron chi connectivity index (χ1n) is 7.09. The molecule has 2 aromatic carbocycles. The van der Waals surface area contributed by atoms with Gasteiger partial charge in [-0.1, -0.05) is 89.0 Å². The highest BCUT2D eigenvalue weighted by Gasteiger charge is 1.99. The molecule has 0 aliphatic rings. The number of benzene rings is 2. The Hall–Kier alpha value is -2.52. The Balaban J connectivity index is 0. The molecular formula is C23H30. The van der Waals surface area contributed by atoms with Gasteiger partial charge in [0, 0.05) is 0 Å². The number of aryl methyl sites for hydroxylation is 1. The first kappa shape index (κ1) is 22.8. The molecule has 0 saturated heterocycles. The van der Waals surface area contributed by atoms with Gasteiger partial charge in [-0.05, 0) is 41.2 Å². The number of rotatable bonds is 4. The molecule has 0 unspecified atom stereocenters. The highest BCUT2D eigenvalue weighted by molar-refractivity contribution is 5.74. The smallest absolute Gasteiger partial charge is 0.0184 e. The monoisotopic (exact) mass is 306 g/mol. The maximum absolute atomic E-state index is 4.05. The minimum Gasteiger partial charge on any atom is -0.124 e. The van der Waals surface area contributed by atoms with Gasteiger partial charge in [-0.2, -0.15) is 0 Å². The van der Waals surface area contributed by atoms with Crippen LogP contribution in [-0.2, 0) is 6.42 Å². The molecule has 0 saturated carbocycles. The van der Waals surface area contributed by atoms with Gasteiger partial charge in [0.15, 0.2) is 0 Å². The summed E-state index contributed by atoms with van der Waals surface area (Å²) in [5, 5.41) is 0. The van der Waals surface area contributed by atoms with E-state index in [1.54, 1.807) is 0 Å². The van der Waals surface area contributed by atoms with Gasteiger partial charge in [-0.3, -0.25) is 0 Å². The van der Waals surface area contributed by atoms with E-state index >= 15 is 0 Å². The lowest BCUT2D eigenvalue weighted by Gasteiger charge is -2.05. The third kappa shape index (κ3) is 6.41.